The number of hydrogen-bond donors (Lipinski definition) is 0. The Bertz CT molecular complexity index is 670. The second kappa shape index (κ2) is 16.4. The van der Waals surface area contributed by atoms with Gasteiger partial charge in [0.2, 0.25) is 0 Å². The van der Waals surface area contributed by atoms with Crippen LogP contribution in [-0.2, 0) is 0 Å². The van der Waals surface area contributed by atoms with Crippen molar-refractivity contribution in [1.29, 1.82) is 0 Å². The van der Waals surface area contributed by atoms with E-state index in [9.17, 15) is 0 Å². The van der Waals surface area contributed by atoms with E-state index in [0.29, 0.717) is 0 Å². The van der Waals surface area contributed by atoms with Gasteiger partial charge in [-0.1, -0.05) is 113 Å². The molecule has 0 aliphatic heterocycles. The Morgan fingerprint density at radius 1 is 0.462 bits per heavy atom. The highest BCUT2D eigenvalue weighted by atomic mass is 14.0. The molecule has 0 saturated heterocycles. The maximum absolute atomic E-state index is 2.18. The maximum Gasteiger partial charge on any atom is -0.0152 e. The van der Waals surface area contributed by atoms with Crippen molar-refractivity contribution in [2.45, 2.75) is 69.2 Å². The molecule has 26 heavy (non-hydrogen) atoms. The predicted octanol–water partition coefficient (Wildman–Crippen LogP) is 8.84. The molecule has 0 nitrogen and oxygen atoms in total. The van der Waals surface area contributed by atoms with Crippen molar-refractivity contribution < 1.29 is 0 Å². The molecule has 0 saturated carbocycles. The van der Waals surface area contributed by atoms with Crippen molar-refractivity contribution in [1.82, 2.24) is 0 Å². The number of fused-ring (bicyclic) bond motifs is 1. The summed E-state index contributed by atoms with van der Waals surface area (Å²) in [5.74, 6) is 0. The molecular weight excluding hydrogens is 312 g/mol. The molecule has 0 spiro atoms. The quantitative estimate of drug-likeness (QED) is 0.379. The zero-order valence-corrected chi connectivity index (χ0v) is 18.8. The molecule has 0 N–H and O–H groups in total. The predicted molar refractivity (Wildman–Crippen MR) is 123 cm³/mol. The largest absolute Gasteiger partial charge is 0.0683 e. The summed E-state index contributed by atoms with van der Waals surface area (Å²) in [5, 5.41) is 2.71. The van der Waals surface area contributed by atoms with E-state index >= 15 is 0 Å². The van der Waals surface area contributed by atoms with Gasteiger partial charge in [0.05, 0.1) is 0 Å². The molecule has 3 rings (SSSR count). The maximum atomic E-state index is 2.18. The highest BCUT2D eigenvalue weighted by Crippen LogP contribution is 2.20. The van der Waals surface area contributed by atoms with Gasteiger partial charge in [0.15, 0.2) is 0 Å². The average Bonchev–Trinajstić information content (AvgIpc) is 2.72. The van der Waals surface area contributed by atoms with Crippen LogP contribution in [0, 0.1) is 27.7 Å². The molecule has 0 unspecified atom stereocenters. The molecule has 0 radical (unpaired) electrons. The van der Waals surface area contributed by atoms with E-state index in [4.69, 9.17) is 0 Å². The summed E-state index contributed by atoms with van der Waals surface area (Å²) in [5.41, 5.74) is 5.42. The first kappa shape index (κ1) is 26.2. The van der Waals surface area contributed by atoms with E-state index in [2.05, 4.69) is 88.4 Å². The van der Waals surface area contributed by atoms with Crippen LogP contribution in [0.15, 0.2) is 60.7 Å². The lowest BCUT2D eigenvalue weighted by molar-refractivity contribution is 1.38. The number of aryl methyl sites for hydroxylation is 4. The third kappa shape index (κ3) is 9.42. The van der Waals surface area contributed by atoms with Crippen LogP contribution in [0.1, 0.15) is 63.8 Å². The van der Waals surface area contributed by atoms with Crippen LogP contribution in [0.5, 0.6) is 0 Å². The molecule has 0 fully saturated rings. The minimum atomic E-state index is 1.33. The zero-order chi connectivity index (χ0) is 20.5. The van der Waals surface area contributed by atoms with Gasteiger partial charge in [0.25, 0.3) is 0 Å². The van der Waals surface area contributed by atoms with Crippen molar-refractivity contribution in [2.75, 3.05) is 0 Å². The van der Waals surface area contributed by atoms with Crippen molar-refractivity contribution in [3.63, 3.8) is 0 Å². The zero-order valence-electron chi connectivity index (χ0n) is 18.8. The van der Waals surface area contributed by atoms with Crippen LogP contribution in [-0.4, -0.2) is 0 Å². The van der Waals surface area contributed by atoms with Gasteiger partial charge in [-0.2, -0.15) is 0 Å². The van der Waals surface area contributed by atoms with E-state index in [1.165, 1.54) is 33.0 Å². The van der Waals surface area contributed by atoms with Crippen LogP contribution in [0.25, 0.3) is 10.8 Å². The summed E-state index contributed by atoms with van der Waals surface area (Å²) in [7, 11) is 0. The minimum absolute atomic E-state index is 1.33. The van der Waals surface area contributed by atoms with Gasteiger partial charge in [-0.05, 0) is 49.6 Å². The molecule has 0 heteroatoms. The standard InChI is InChI=1S/C12H12.C8H10.3C2H6/c1-9-7-8-11-5-3-4-6-12(11)10(9)2;1-7-3-5-8(2)6-4-7;3*1-2/h3-8H,1-2H3;3-6H,1-2H3;3*1-2H3. The Morgan fingerprint density at radius 2 is 0.885 bits per heavy atom. The third-order valence-electron chi connectivity index (χ3n) is 3.69. The molecule has 144 valence electrons. The lowest BCUT2D eigenvalue weighted by Gasteiger charge is -2.04. The normalized spacial score (nSPS) is 8.38. The van der Waals surface area contributed by atoms with Gasteiger partial charge in [-0.15, -0.1) is 0 Å². The van der Waals surface area contributed by atoms with Gasteiger partial charge in [0.1, 0.15) is 0 Å². The van der Waals surface area contributed by atoms with Gasteiger partial charge in [0, 0.05) is 0 Å². The first-order valence-electron chi connectivity index (χ1n) is 10.1. The lowest BCUT2D eigenvalue weighted by atomic mass is 10.0. The SMILES string of the molecule is CC.CC.CC.Cc1ccc(C)cc1.Cc1ccc2ccccc2c1C. The van der Waals surface area contributed by atoms with Crippen LogP contribution in [0.4, 0.5) is 0 Å². The topological polar surface area (TPSA) is 0 Å². The second-order valence-electron chi connectivity index (χ2n) is 5.38. The first-order chi connectivity index (χ1) is 12.6. The minimum Gasteiger partial charge on any atom is -0.0683 e. The van der Waals surface area contributed by atoms with Crippen molar-refractivity contribution in [2.24, 2.45) is 0 Å². The van der Waals surface area contributed by atoms with E-state index in [1.54, 1.807) is 0 Å². The highest BCUT2D eigenvalue weighted by Gasteiger charge is 1.97. The summed E-state index contributed by atoms with van der Waals surface area (Å²) in [6.45, 7) is 20.5. The Hall–Kier alpha value is -2.08. The molecule has 0 heterocycles. The average molecular weight is 353 g/mol. The fourth-order valence-corrected chi connectivity index (χ4v) is 2.17. The number of hydrogen-bond acceptors (Lipinski definition) is 0. The fraction of sp³-hybridized carbons (Fsp3) is 0.385. The van der Waals surface area contributed by atoms with Gasteiger partial charge in [-0.3, -0.25) is 0 Å². The third-order valence-corrected chi connectivity index (χ3v) is 3.69. The smallest absolute Gasteiger partial charge is 0.0152 e. The van der Waals surface area contributed by atoms with E-state index in [-0.39, 0.29) is 0 Å². The summed E-state index contributed by atoms with van der Waals surface area (Å²) in [4.78, 5) is 0. The molecule has 3 aromatic carbocycles. The van der Waals surface area contributed by atoms with E-state index < -0.39 is 0 Å². The molecule has 0 atom stereocenters. The highest BCUT2D eigenvalue weighted by molar-refractivity contribution is 5.86. The van der Waals surface area contributed by atoms with Crippen molar-refractivity contribution in [3.8, 4) is 0 Å². The Kier molecular flexibility index (Phi) is 16.5. The lowest BCUT2D eigenvalue weighted by Crippen LogP contribution is -1.82. The van der Waals surface area contributed by atoms with Crippen LogP contribution >= 0.6 is 0 Å². The summed E-state index contributed by atoms with van der Waals surface area (Å²) >= 11 is 0. The monoisotopic (exact) mass is 352 g/mol. The van der Waals surface area contributed by atoms with Crippen LogP contribution in [0.3, 0.4) is 0 Å². The summed E-state index contributed by atoms with van der Waals surface area (Å²) in [6, 6.07) is 21.3. The van der Waals surface area contributed by atoms with Crippen LogP contribution < -0.4 is 0 Å². The van der Waals surface area contributed by atoms with Crippen molar-refractivity contribution in [3.05, 3.63) is 82.9 Å². The molecule has 0 aliphatic carbocycles. The molecular formula is C26H40. The van der Waals surface area contributed by atoms with Crippen molar-refractivity contribution >= 4 is 10.8 Å². The van der Waals surface area contributed by atoms with Gasteiger partial charge < -0.3 is 0 Å². The molecule has 0 aromatic heterocycles. The number of benzene rings is 3. The Morgan fingerprint density at radius 3 is 1.35 bits per heavy atom. The Balaban J connectivity index is 0. The second-order valence-corrected chi connectivity index (χ2v) is 5.38. The first-order valence-corrected chi connectivity index (χ1v) is 10.1. The van der Waals surface area contributed by atoms with Gasteiger partial charge >= 0.3 is 0 Å². The molecule has 0 aliphatic rings. The summed E-state index contributed by atoms with van der Waals surface area (Å²) < 4.78 is 0. The van der Waals surface area contributed by atoms with Crippen LogP contribution in [0.2, 0.25) is 0 Å². The summed E-state index contributed by atoms with van der Waals surface area (Å²) in [6.07, 6.45) is 0. The Labute approximate surface area is 163 Å². The van der Waals surface area contributed by atoms with E-state index in [0.717, 1.165) is 0 Å². The number of rotatable bonds is 0. The van der Waals surface area contributed by atoms with E-state index in [1.807, 2.05) is 41.5 Å². The molecule has 0 bridgehead atoms. The van der Waals surface area contributed by atoms with Gasteiger partial charge in [-0.25, -0.2) is 0 Å². The molecule has 3 aromatic rings. The molecule has 0 amide bonds. The fourth-order valence-electron chi connectivity index (χ4n) is 2.17.